The van der Waals surface area contributed by atoms with Crippen LogP contribution in [-0.2, 0) is 4.79 Å². The van der Waals surface area contributed by atoms with Gasteiger partial charge in [0, 0.05) is 5.02 Å². The third kappa shape index (κ3) is 2.94. The highest BCUT2D eigenvalue weighted by Gasteiger charge is 2.11. The fourth-order valence-electron chi connectivity index (χ4n) is 1.17. The molecule has 0 aromatic heterocycles. The smallest absolute Gasteiger partial charge is 0.328 e. The van der Waals surface area contributed by atoms with E-state index in [9.17, 15) is 4.79 Å². The third-order valence-electron chi connectivity index (χ3n) is 2.00. The van der Waals surface area contributed by atoms with E-state index in [-0.39, 0.29) is 0 Å². The largest absolute Gasteiger partial charge is 0.425 e. The molecule has 0 saturated carbocycles. The molecule has 0 aliphatic rings. The minimum absolute atomic E-state index is 0.448. The van der Waals surface area contributed by atoms with E-state index in [2.05, 4.69) is 0 Å². The highest BCUT2D eigenvalue weighted by Crippen LogP contribution is 2.25. The molecule has 1 aromatic rings. The molecule has 0 spiro atoms. The second kappa shape index (κ2) is 4.64. The van der Waals surface area contributed by atoms with Crippen molar-refractivity contribution in [1.82, 2.24) is 0 Å². The lowest BCUT2D eigenvalue weighted by molar-refractivity contribution is -0.135. The zero-order valence-electron chi connectivity index (χ0n) is 9.00. The van der Waals surface area contributed by atoms with Gasteiger partial charge >= 0.3 is 5.97 Å². The van der Waals surface area contributed by atoms with Crippen molar-refractivity contribution < 1.29 is 9.53 Å². The van der Waals surface area contributed by atoms with Crippen molar-refractivity contribution in [2.45, 2.75) is 26.8 Å². The van der Waals surface area contributed by atoms with Crippen molar-refractivity contribution in [3.05, 3.63) is 28.3 Å². The first kappa shape index (κ1) is 12.0. The Morgan fingerprint density at radius 2 is 1.87 bits per heavy atom. The summed E-state index contributed by atoms with van der Waals surface area (Å²) in [5.41, 5.74) is 7.15. The van der Waals surface area contributed by atoms with Gasteiger partial charge in [-0.3, -0.25) is 0 Å². The second-order valence-electron chi connectivity index (χ2n) is 3.58. The standard InChI is InChI=1S/C11H14ClNO2/c1-6-4-9(5-7(2)10(6)12)15-11(14)8(3)13/h4-5,8H,13H2,1-3H3. The second-order valence-corrected chi connectivity index (χ2v) is 3.96. The van der Waals surface area contributed by atoms with Gasteiger partial charge in [0.25, 0.3) is 0 Å². The van der Waals surface area contributed by atoms with Gasteiger partial charge in [0.2, 0.25) is 0 Å². The number of carbonyl (C=O) groups excluding carboxylic acids is 1. The van der Waals surface area contributed by atoms with E-state index in [1.807, 2.05) is 13.8 Å². The zero-order valence-corrected chi connectivity index (χ0v) is 9.76. The minimum Gasteiger partial charge on any atom is -0.425 e. The predicted octanol–water partition coefficient (Wildman–Crippen LogP) is 2.21. The van der Waals surface area contributed by atoms with Gasteiger partial charge in [0.1, 0.15) is 11.8 Å². The quantitative estimate of drug-likeness (QED) is 0.623. The van der Waals surface area contributed by atoms with Gasteiger partial charge in [0.05, 0.1) is 0 Å². The van der Waals surface area contributed by atoms with E-state index in [0.29, 0.717) is 10.8 Å². The van der Waals surface area contributed by atoms with Gasteiger partial charge in [-0.1, -0.05) is 11.6 Å². The normalized spacial score (nSPS) is 12.3. The number of halogens is 1. The SMILES string of the molecule is Cc1cc(OC(=O)C(C)N)cc(C)c1Cl. The molecule has 0 aliphatic carbocycles. The third-order valence-corrected chi connectivity index (χ3v) is 2.60. The van der Waals surface area contributed by atoms with Crippen LogP contribution in [0.3, 0.4) is 0 Å². The highest BCUT2D eigenvalue weighted by molar-refractivity contribution is 6.32. The van der Waals surface area contributed by atoms with Crippen LogP contribution in [-0.4, -0.2) is 12.0 Å². The van der Waals surface area contributed by atoms with Crippen LogP contribution in [0.15, 0.2) is 12.1 Å². The van der Waals surface area contributed by atoms with Crippen molar-refractivity contribution >= 4 is 17.6 Å². The zero-order chi connectivity index (χ0) is 11.6. The van der Waals surface area contributed by atoms with Gasteiger partial charge < -0.3 is 10.5 Å². The van der Waals surface area contributed by atoms with Crippen LogP contribution in [0.1, 0.15) is 18.1 Å². The van der Waals surface area contributed by atoms with E-state index in [0.717, 1.165) is 11.1 Å². The molecule has 1 aromatic carbocycles. The van der Waals surface area contributed by atoms with E-state index in [1.54, 1.807) is 19.1 Å². The maximum Gasteiger partial charge on any atom is 0.328 e. The van der Waals surface area contributed by atoms with E-state index in [1.165, 1.54) is 0 Å². The predicted molar refractivity (Wildman–Crippen MR) is 60.2 cm³/mol. The molecule has 2 N–H and O–H groups in total. The van der Waals surface area contributed by atoms with Crippen LogP contribution in [0.4, 0.5) is 0 Å². The highest BCUT2D eigenvalue weighted by atomic mass is 35.5. The number of carbonyl (C=O) groups is 1. The van der Waals surface area contributed by atoms with Crippen LogP contribution in [0, 0.1) is 13.8 Å². The van der Waals surface area contributed by atoms with Crippen molar-refractivity contribution in [1.29, 1.82) is 0 Å². The summed E-state index contributed by atoms with van der Waals surface area (Å²) in [4.78, 5) is 11.2. The number of hydrogen-bond acceptors (Lipinski definition) is 3. The van der Waals surface area contributed by atoms with E-state index >= 15 is 0 Å². The molecule has 1 atom stereocenters. The summed E-state index contributed by atoms with van der Waals surface area (Å²) in [6, 6.07) is 2.81. The summed E-state index contributed by atoms with van der Waals surface area (Å²) < 4.78 is 5.07. The Morgan fingerprint density at radius 3 is 2.27 bits per heavy atom. The van der Waals surface area contributed by atoms with Crippen LogP contribution < -0.4 is 10.5 Å². The number of hydrogen-bond donors (Lipinski definition) is 1. The van der Waals surface area contributed by atoms with Crippen LogP contribution in [0.25, 0.3) is 0 Å². The summed E-state index contributed by atoms with van der Waals surface area (Å²) in [5, 5.41) is 0.690. The molecule has 0 bridgehead atoms. The molecule has 0 radical (unpaired) electrons. The lowest BCUT2D eigenvalue weighted by Crippen LogP contribution is -2.30. The van der Waals surface area contributed by atoms with Crippen LogP contribution in [0.2, 0.25) is 5.02 Å². The maximum absolute atomic E-state index is 11.2. The number of aryl methyl sites for hydroxylation is 2. The fourth-order valence-corrected chi connectivity index (χ4v) is 1.28. The monoisotopic (exact) mass is 227 g/mol. The molecule has 0 aliphatic heterocycles. The van der Waals surface area contributed by atoms with Gasteiger partial charge in [-0.25, -0.2) is 4.79 Å². The van der Waals surface area contributed by atoms with Crippen molar-refractivity contribution in [3.63, 3.8) is 0 Å². The summed E-state index contributed by atoms with van der Waals surface area (Å²) in [6.45, 7) is 5.30. The molecule has 1 unspecified atom stereocenters. The van der Waals surface area contributed by atoms with Crippen LogP contribution >= 0.6 is 11.6 Å². The first-order valence-corrected chi connectivity index (χ1v) is 5.03. The minimum atomic E-state index is -0.624. The number of ether oxygens (including phenoxy) is 1. The lowest BCUT2D eigenvalue weighted by atomic mass is 10.1. The Hall–Kier alpha value is -1.06. The summed E-state index contributed by atoms with van der Waals surface area (Å²) in [6.07, 6.45) is 0. The molecule has 0 fully saturated rings. The average molecular weight is 228 g/mol. The molecule has 15 heavy (non-hydrogen) atoms. The Labute approximate surface area is 94.2 Å². The Bertz CT molecular complexity index is 365. The first-order valence-electron chi connectivity index (χ1n) is 4.66. The molecule has 0 saturated heterocycles. The summed E-state index contributed by atoms with van der Waals surface area (Å²) in [7, 11) is 0. The average Bonchev–Trinajstić information content (AvgIpc) is 2.13. The maximum atomic E-state index is 11.2. The van der Waals surface area contributed by atoms with Crippen molar-refractivity contribution in [3.8, 4) is 5.75 Å². The van der Waals surface area contributed by atoms with Crippen molar-refractivity contribution in [2.75, 3.05) is 0 Å². The molecular weight excluding hydrogens is 214 g/mol. The van der Waals surface area contributed by atoms with Gasteiger partial charge in [0.15, 0.2) is 0 Å². The summed E-state index contributed by atoms with van der Waals surface area (Å²) in [5.74, 6) is 0.0350. The molecule has 0 amide bonds. The number of rotatable bonds is 2. The molecule has 3 nitrogen and oxygen atoms in total. The summed E-state index contributed by atoms with van der Waals surface area (Å²) >= 11 is 5.98. The molecule has 1 rings (SSSR count). The molecule has 4 heteroatoms. The Kier molecular flexibility index (Phi) is 3.72. The lowest BCUT2D eigenvalue weighted by Gasteiger charge is -2.09. The van der Waals surface area contributed by atoms with Crippen molar-refractivity contribution in [2.24, 2.45) is 5.73 Å². The van der Waals surface area contributed by atoms with E-state index < -0.39 is 12.0 Å². The number of benzene rings is 1. The van der Waals surface area contributed by atoms with Crippen LogP contribution in [0.5, 0.6) is 5.75 Å². The molecular formula is C11H14ClNO2. The Morgan fingerprint density at radius 1 is 1.40 bits per heavy atom. The fraction of sp³-hybridized carbons (Fsp3) is 0.364. The Balaban J connectivity index is 2.93. The van der Waals surface area contributed by atoms with E-state index in [4.69, 9.17) is 22.1 Å². The van der Waals surface area contributed by atoms with Gasteiger partial charge in [-0.05, 0) is 44.0 Å². The molecule has 82 valence electrons. The molecule has 0 heterocycles. The van der Waals surface area contributed by atoms with Gasteiger partial charge in [-0.15, -0.1) is 0 Å². The first-order chi connectivity index (χ1) is 6.91. The number of esters is 1. The number of nitrogens with two attached hydrogens (primary N) is 1. The topological polar surface area (TPSA) is 52.3 Å². The van der Waals surface area contributed by atoms with Gasteiger partial charge in [-0.2, -0.15) is 0 Å².